The summed E-state index contributed by atoms with van der Waals surface area (Å²) in [6.45, 7) is 23.1. The summed E-state index contributed by atoms with van der Waals surface area (Å²) < 4.78 is 6.55. The van der Waals surface area contributed by atoms with E-state index in [2.05, 4.69) is 73.4 Å². The Labute approximate surface area is 146 Å². The fraction of sp³-hybridized carbons (Fsp3) is 0.842. The quantitative estimate of drug-likeness (QED) is 0.559. The Balaban J connectivity index is 3.22. The van der Waals surface area contributed by atoms with Gasteiger partial charge in [-0.2, -0.15) is 0 Å². The molecule has 0 aromatic carbocycles. The highest BCUT2D eigenvalue weighted by molar-refractivity contribution is 6.78. The number of carbonyl (C=O) groups excluding carboxylic acids is 1. The molecule has 0 saturated carbocycles. The van der Waals surface area contributed by atoms with Gasteiger partial charge in [0.05, 0.1) is 20.3 Å². The molecule has 0 aromatic rings. The van der Waals surface area contributed by atoms with E-state index in [0.29, 0.717) is 36.0 Å². The van der Waals surface area contributed by atoms with Gasteiger partial charge in [0.15, 0.2) is 0 Å². The Bertz CT molecular complexity index is 465. The van der Waals surface area contributed by atoms with Crippen molar-refractivity contribution >= 4 is 22.2 Å². The fourth-order valence-electron chi connectivity index (χ4n) is 3.13. The summed E-state index contributed by atoms with van der Waals surface area (Å²) in [7, 11) is -3.29. The molecule has 1 aliphatic rings. The van der Waals surface area contributed by atoms with Crippen LogP contribution in [0, 0.1) is 11.8 Å². The van der Waals surface area contributed by atoms with Gasteiger partial charge in [0.1, 0.15) is 5.78 Å². The SMILES string of the molecule is CC(C)[C@H]1CC(=O)CC(O[Si](C)(C)C(C)(C)C)=C[C@H]1[Si](C)(C)C. The zero-order valence-electron chi connectivity index (χ0n) is 17.0. The van der Waals surface area contributed by atoms with E-state index < -0.39 is 16.4 Å². The number of hydrogen-bond donors (Lipinski definition) is 0. The zero-order valence-corrected chi connectivity index (χ0v) is 19.0. The summed E-state index contributed by atoms with van der Waals surface area (Å²) in [5.41, 5.74) is 0.522. The maximum absolute atomic E-state index is 12.5. The summed E-state index contributed by atoms with van der Waals surface area (Å²) in [6.07, 6.45) is 3.58. The van der Waals surface area contributed by atoms with E-state index in [1.165, 1.54) is 0 Å². The predicted molar refractivity (Wildman–Crippen MR) is 106 cm³/mol. The van der Waals surface area contributed by atoms with Gasteiger partial charge in [0, 0.05) is 6.42 Å². The van der Waals surface area contributed by atoms with Crippen LogP contribution in [0.2, 0.25) is 43.3 Å². The fourth-order valence-corrected chi connectivity index (χ4v) is 6.71. The van der Waals surface area contributed by atoms with Crippen molar-refractivity contribution < 1.29 is 9.22 Å². The van der Waals surface area contributed by atoms with Crippen LogP contribution in [0.15, 0.2) is 11.8 Å². The largest absolute Gasteiger partial charge is 0.546 e. The Morgan fingerprint density at radius 1 is 1.13 bits per heavy atom. The van der Waals surface area contributed by atoms with Gasteiger partial charge in [-0.15, -0.1) is 0 Å². The van der Waals surface area contributed by atoms with E-state index >= 15 is 0 Å². The molecule has 0 saturated heterocycles. The van der Waals surface area contributed by atoms with Crippen molar-refractivity contribution in [2.45, 2.75) is 90.8 Å². The van der Waals surface area contributed by atoms with Crippen LogP contribution in [-0.4, -0.2) is 22.2 Å². The number of Topliss-reactive ketones (excluding diaryl/α,β-unsaturated/α-hetero) is 1. The van der Waals surface area contributed by atoms with E-state index in [9.17, 15) is 4.79 Å². The predicted octanol–water partition coefficient (Wildman–Crippen LogP) is 6.24. The monoisotopic (exact) mass is 354 g/mol. The normalized spacial score (nSPS) is 24.5. The summed E-state index contributed by atoms with van der Waals surface area (Å²) in [5, 5.41) is 0.162. The molecule has 0 bridgehead atoms. The van der Waals surface area contributed by atoms with E-state index in [-0.39, 0.29) is 5.04 Å². The first-order chi connectivity index (χ1) is 10.1. The van der Waals surface area contributed by atoms with Crippen molar-refractivity contribution in [1.29, 1.82) is 0 Å². The van der Waals surface area contributed by atoms with Gasteiger partial charge in [-0.05, 0) is 41.6 Å². The Morgan fingerprint density at radius 3 is 2.04 bits per heavy atom. The average molecular weight is 355 g/mol. The minimum Gasteiger partial charge on any atom is -0.546 e. The number of hydrogen-bond acceptors (Lipinski definition) is 2. The first-order valence-corrected chi connectivity index (χ1v) is 15.5. The first kappa shape index (κ1) is 20.7. The van der Waals surface area contributed by atoms with Gasteiger partial charge in [-0.25, -0.2) is 0 Å². The van der Waals surface area contributed by atoms with Gasteiger partial charge < -0.3 is 4.43 Å². The second kappa shape index (κ2) is 6.87. The summed E-state index contributed by atoms with van der Waals surface area (Å²) in [6, 6.07) is 0. The lowest BCUT2D eigenvalue weighted by Crippen LogP contribution is -2.40. The van der Waals surface area contributed by atoms with E-state index in [1.807, 2.05) is 0 Å². The lowest BCUT2D eigenvalue weighted by atomic mass is 9.88. The number of rotatable bonds is 4. The second-order valence-corrected chi connectivity index (χ2v) is 20.3. The molecule has 0 N–H and O–H groups in total. The number of carbonyl (C=O) groups is 1. The Hall–Kier alpha value is -0.356. The van der Waals surface area contributed by atoms with E-state index in [4.69, 9.17) is 4.43 Å². The van der Waals surface area contributed by atoms with Crippen molar-refractivity contribution in [2.75, 3.05) is 0 Å². The molecule has 0 heterocycles. The molecular formula is C19H38O2Si2. The maximum atomic E-state index is 12.5. The van der Waals surface area contributed by atoms with Crippen LogP contribution in [0.1, 0.15) is 47.5 Å². The van der Waals surface area contributed by atoms with E-state index in [0.717, 1.165) is 5.76 Å². The average Bonchev–Trinajstić information content (AvgIpc) is 2.45. The van der Waals surface area contributed by atoms with Crippen LogP contribution >= 0.6 is 0 Å². The third kappa shape index (κ3) is 5.31. The van der Waals surface area contributed by atoms with Crippen LogP contribution in [0.5, 0.6) is 0 Å². The molecule has 1 rings (SSSR count). The smallest absolute Gasteiger partial charge is 0.250 e. The van der Waals surface area contributed by atoms with Gasteiger partial charge in [0.2, 0.25) is 8.32 Å². The topological polar surface area (TPSA) is 26.3 Å². The molecule has 0 fully saturated rings. The molecule has 0 spiro atoms. The highest BCUT2D eigenvalue weighted by Crippen LogP contribution is 2.44. The van der Waals surface area contributed by atoms with Crippen LogP contribution in [0.4, 0.5) is 0 Å². The third-order valence-electron chi connectivity index (χ3n) is 5.71. The maximum Gasteiger partial charge on any atom is 0.250 e. The van der Waals surface area contributed by atoms with Crippen molar-refractivity contribution in [3.63, 3.8) is 0 Å². The van der Waals surface area contributed by atoms with Crippen molar-refractivity contribution in [3.05, 3.63) is 11.8 Å². The number of allylic oxidation sites excluding steroid dienone is 2. The molecule has 1 aliphatic carbocycles. The van der Waals surface area contributed by atoms with Crippen LogP contribution in [0.25, 0.3) is 0 Å². The standard InChI is InChI=1S/C19H38O2Si2/c1-14(2)17-12-15(20)11-16(13-18(17)22(6,7)8)21-23(9,10)19(3,4)5/h13-14,17-18H,11-12H2,1-10H3/t17-,18-/m1/s1. The van der Waals surface area contributed by atoms with Crippen molar-refractivity contribution in [2.24, 2.45) is 11.8 Å². The molecule has 0 aromatic heterocycles. The van der Waals surface area contributed by atoms with Crippen LogP contribution < -0.4 is 0 Å². The van der Waals surface area contributed by atoms with Crippen LogP contribution in [0.3, 0.4) is 0 Å². The molecule has 0 radical (unpaired) electrons. The van der Waals surface area contributed by atoms with Crippen molar-refractivity contribution in [1.82, 2.24) is 0 Å². The van der Waals surface area contributed by atoms with E-state index in [1.54, 1.807) is 0 Å². The molecule has 0 amide bonds. The van der Waals surface area contributed by atoms with Gasteiger partial charge in [-0.1, -0.05) is 54.3 Å². The summed E-state index contributed by atoms with van der Waals surface area (Å²) in [5.74, 6) is 2.33. The Morgan fingerprint density at radius 2 is 1.65 bits per heavy atom. The lowest BCUT2D eigenvalue weighted by molar-refractivity contribution is -0.119. The first-order valence-electron chi connectivity index (χ1n) is 9.06. The third-order valence-corrected chi connectivity index (χ3v) is 12.7. The van der Waals surface area contributed by atoms with Gasteiger partial charge in [0.25, 0.3) is 0 Å². The lowest BCUT2D eigenvalue weighted by Gasteiger charge is -2.38. The summed E-state index contributed by atoms with van der Waals surface area (Å²) in [4.78, 5) is 12.5. The molecule has 23 heavy (non-hydrogen) atoms. The highest BCUT2D eigenvalue weighted by atomic mass is 28.4. The Kier molecular flexibility index (Phi) is 6.18. The second-order valence-electron chi connectivity index (χ2n) is 10.2. The minimum atomic E-state index is -1.89. The molecule has 2 atom stereocenters. The molecule has 2 nitrogen and oxygen atoms in total. The molecule has 0 aliphatic heterocycles. The van der Waals surface area contributed by atoms with Crippen LogP contribution in [-0.2, 0) is 9.22 Å². The van der Waals surface area contributed by atoms with Gasteiger partial charge >= 0.3 is 0 Å². The van der Waals surface area contributed by atoms with Gasteiger partial charge in [-0.3, -0.25) is 4.79 Å². The summed E-state index contributed by atoms with van der Waals surface area (Å²) >= 11 is 0. The highest BCUT2D eigenvalue weighted by Gasteiger charge is 2.42. The zero-order chi connectivity index (χ0) is 18.2. The van der Waals surface area contributed by atoms with Crippen molar-refractivity contribution in [3.8, 4) is 0 Å². The molecule has 134 valence electrons. The molecule has 0 unspecified atom stereocenters. The number of ketones is 1. The molecule has 4 heteroatoms. The molecular weight excluding hydrogens is 316 g/mol. The minimum absolute atomic E-state index is 0.162.